The Morgan fingerprint density at radius 2 is 2.20 bits per heavy atom. The molecule has 10 heavy (non-hydrogen) atoms. The first-order valence-electron chi connectivity index (χ1n) is 3.80. The minimum Gasteiger partial charge on any atom is -0.161 e. The third kappa shape index (κ3) is 6.21. The van der Waals surface area contributed by atoms with Gasteiger partial charge in [-0.1, -0.05) is 11.6 Å². The second-order valence-corrected chi connectivity index (χ2v) is 3.32. The fourth-order valence-electron chi connectivity index (χ4n) is 0.752. The van der Waals surface area contributed by atoms with Crippen LogP contribution in [0.4, 0.5) is 0 Å². The predicted octanol–water partition coefficient (Wildman–Crippen LogP) is 3.65. The van der Waals surface area contributed by atoms with Crippen LogP contribution < -0.4 is 0 Å². The molecule has 0 aliphatic rings. The summed E-state index contributed by atoms with van der Waals surface area (Å²) in [6.45, 7) is 4.29. The maximum atomic E-state index is 3.72. The molecule has 0 saturated carbocycles. The molecule has 0 spiro atoms. The van der Waals surface area contributed by atoms with Crippen molar-refractivity contribution in [3.63, 3.8) is 0 Å². The van der Waals surface area contributed by atoms with E-state index in [1.807, 2.05) is 0 Å². The van der Waals surface area contributed by atoms with E-state index in [1.54, 1.807) is 11.8 Å². The van der Waals surface area contributed by atoms with Crippen LogP contribution in [0.5, 0.6) is 0 Å². The lowest BCUT2D eigenvalue weighted by Gasteiger charge is -1.98. The fraction of sp³-hybridized carbons (Fsp3) is 0.667. The molecule has 0 N–H and O–H groups in total. The van der Waals surface area contributed by atoms with Gasteiger partial charge in [0, 0.05) is 6.26 Å². The van der Waals surface area contributed by atoms with Crippen molar-refractivity contribution in [1.29, 1.82) is 0 Å². The first-order valence-corrected chi connectivity index (χ1v) is 4.95. The predicted molar refractivity (Wildman–Crippen MR) is 51.1 cm³/mol. The Kier molecular flexibility index (Phi) is 7.26. The molecule has 59 valence electrons. The second-order valence-electron chi connectivity index (χ2n) is 2.50. The summed E-state index contributed by atoms with van der Waals surface area (Å²) >= 11 is 1.69. The molecule has 0 saturated heterocycles. The van der Waals surface area contributed by atoms with Gasteiger partial charge in [0.1, 0.15) is 0 Å². The summed E-state index contributed by atoms with van der Waals surface area (Å²) in [6.07, 6.45) is 9.80. The van der Waals surface area contributed by atoms with E-state index >= 15 is 0 Å². The SMILES string of the molecule is [CH2]SCCCCC(C)=CC. The Hall–Kier alpha value is 0.0900. The minimum atomic E-state index is 1.21. The van der Waals surface area contributed by atoms with Gasteiger partial charge in [-0.3, -0.25) is 0 Å². The van der Waals surface area contributed by atoms with E-state index < -0.39 is 0 Å². The Labute approximate surface area is 69.1 Å². The van der Waals surface area contributed by atoms with Gasteiger partial charge < -0.3 is 0 Å². The molecule has 0 amide bonds. The van der Waals surface area contributed by atoms with Crippen molar-refractivity contribution in [2.75, 3.05) is 5.75 Å². The third-order valence-corrected chi connectivity index (χ3v) is 2.18. The zero-order valence-corrected chi connectivity index (χ0v) is 7.84. The Morgan fingerprint density at radius 1 is 1.50 bits per heavy atom. The van der Waals surface area contributed by atoms with E-state index in [0.717, 1.165) is 0 Å². The highest BCUT2D eigenvalue weighted by molar-refractivity contribution is 8.00. The number of thioether (sulfide) groups is 1. The fourth-order valence-corrected chi connectivity index (χ4v) is 1.16. The van der Waals surface area contributed by atoms with Gasteiger partial charge in [0.15, 0.2) is 0 Å². The summed E-state index contributed by atoms with van der Waals surface area (Å²) in [4.78, 5) is 0. The monoisotopic (exact) mass is 157 g/mol. The van der Waals surface area contributed by atoms with E-state index in [4.69, 9.17) is 0 Å². The van der Waals surface area contributed by atoms with E-state index in [1.165, 1.54) is 30.6 Å². The minimum absolute atomic E-state index is 1.21. The van der Waals surface area contributed by atoms with Crippen molar-refractivity contribution in [3.05, 3.63) is 17.9 Å². The van der Waals surface area contributed by atoms with E-state index in [9.17, 15) is 0 Å². The van der Waals surface area contributed by atoms with Gasteiger partial charge in [-0.05, 0) is 38.9 Å². The van der Waals surface area contributed by atoms with Crippen LogP contribution in [0, 0.1) is 6.26 Å². The molecule has 0 nitrogen and oxygen atoms in total. The summed E-state index contributed by atoms with van der Waals surface area (Å²) < 4.78 is 0. The van der Waals surface area contributed by atoms with Crippen LogP contribution in [-0.2, 0) is 0 Å². The number of allylic oxidation sites excluding steroid dienone is 2. The van der Waals surface area contributed by atoms with Gasteiger partial charge in [-0.15, -0.1) is 0 Å². The highest BCUT2D eigenvalue weighted by atomic mass is 32.2. The Morgan fingerprint density at radius 3 is 2.70 bits per heavy atom. The van der Waals surface area contributed by atoms with Crippen LogP contribution in [0.2, 0.25) is 0 Å². The van der Waals surface area contributed by atoms with Crippen molar-refractivity contribution in [2.24, 2.45) is 0 Å². The van der Waals surface area contributed by atoms with Gasteiger partial charge in [-0.25, -0.2) is 0 Å². The van der Waals surface area contributed by atoms with Gasteiger partial charge >= 0.3 is 0 Å². The standard InChI is InChI=1S/C9H17S/c1-4-9(2)7-5-6-8-10-3/h4H,3,5-8H2,1-2H3. The van der Waals surface area contributed by atoms with Crippen molar-refractivity contribution >= 4 is 11.8 Å². The summed E-state index contributed by atoms with van der Waals surface area (Å²) in [5.74, 6) is 1.21. The lowest BCUT2D eigenvalue weighted by atomic mass is 10.1. The molecule has 0 bridgehead atoms. The second kappa shape index (κ2) is 7.20. The quantitative estimate of drug-likeness (QED) is 0.433. The average Bonchev–Trinajstić information content (AvgIpc) is 1.98. The number of hydrogen-bond donors (Lipinski definition) is 0. The van der Waals surface area contributed by atoms with E-state index in [2.05, 4.69) is 26.2 Å². The summed E-state index contributed by atoms with van der Waals surface area (Å²) in [7, 11) is 0. The molecule has 0 rings (SSSR count). The maximum Gasteiger partial charge on any atom is 0.00235 e. The van der Waals surface area contributed by atoms with Gasteiger partial charge in [0.2, 0.25) is 0 Å². The normalized spacial score (nSPS) is 12.1. The van der Waals surface area contributed by atoms with Gasteiger partial charge in [-0.2, -0.15) is 11.8 Å². The van der Waals surface area contributed by atoms with Crippen LogP contribution in [0.15, 0.2) is 11.6 Å². The zero-order chi connectivity index (χ0) is 7.82. The smallest absolute Gasteiger partial charge is 0.00235 e. The van der Waals surface area contributed by atoms with Gasteiger partial charge in [0.05, 0.1) is 0 Å². The average molecular weight is 157 g/mol. The first-order chi connectivity index (χ1) is 4.81. The molecule has 0 heterocycles. The summed E-state index contributed by atoms with van der Waals surface area (Å²) in [5, 5.41) is 0. The van der Waals surface area contributed by atoms with Crippen LogP contribution in [0.25, 0.3) is 0 Å². The van der Waals surface area contributed by atoms with Crippen LogP contribution in [0.3, 0.4) is 0 Å². The summed E-state index contributed by atoms with van der Waals surface area (Å²) in [6, 6.07) is 0. The number of hydrogen-bond acceptors (Lipinski definition) is 1. The lowest BCUT2D eigenvalue weighted by molar-refractivity contribution is 0.794. The van der Waals surface area contributed by atoms with Crippen molar-refractivity contribution in [1.82, 2.24) is 0 Å². The van der Waals surface area contributed by atoms with Crippen molar-refractivity contribution in [3.8, 4) is 0 Å². The first kappa shape index (κ1) is 10.1. The Balaban J connectivity index is 3.04. The molecular weight excluding hydrogens is 140 g/mol. The van der Waals surface area contributed by atoms with Crippen molar-refractivity contribution in [2.45, 2.75) is 33.1 Å². The molecule has 0 atom stereocenters. The zero-order valence-electron chi connectivity index (χ0n) is 7.02. The third-order valence-electron chi connectivity index (χ3n) is 1.60. The number of unbranched alkanes of at least 4 members (excludes halogenated alkanes) is 1. The lowest BCUT2D eigenvalue weighted by Crippen LogP contribution is -1.80. The summed E-state index contributed by atoms with van der Waals surface area (Å²) in [5.41, 5.74) is 1.51. The van der Waals surface area contributed by atoms with Crippen LogP contribution >= 0.6 is 11.8 Å². The van der Waals surface area contributed by atoms with E-state index in [0.29, 0.717) is 0 Å². The van der Waals surface area contributed by atoms with Crippen LogP contribution in [0.1, 0.15) is 33.1 Å². The molecule has 1 heteroatoms. The van der Waals surface area contributed by atoms with Crippen LogP contribution in [-0.4, -0.2) is 5.75 Å². The molecule has 0 unspecified atom stereocenters. The molecule has 0 aliphatic heterocycles. The molecule has 0 aromatic heterocycles. The van der Waals surface area contributed by atoms with Crippen molar-refractivity contribution < 1.29 is 0 Å². The highest BCUT2D eigenvalue weighted by Gasteiger charge is 1.88. The molecule has 0 aliphatic carbocycles. The molecule has 1 radical (unpaired) electrons. The molecule has 0 fully saturated rings. The largest absolute Gasteiger partial charge is 0.161 e. The molecular formula is C9H17S. The number of rotatable bonds is 5. The Bertz CT molecular complexity index is 94.9. The highest BCUT2D eigenvalue weighted by Crippen LogP contribution is 2.08. The van der Waals surface area contributed by atoms with E-state index in [-0.39, 0.29) is 0 Å². The maximum absolute atomic E-state index is 3.72. The molecule has 0 aromatic carbocycles. The molecule has 0 aromatic rings. The topological polar surface area (TPSA) is 0 Å². The van der Waals surface area contributed by atoms with Gasteiger partial charge in [0.25, 0.3) is 0 Å².